The maximum absolute atomic E-state index is 12.9. The fraction of sp³-hybridized carbons (Fsp3) is 0.318. The van der Waals surface area contributed by atoms with Crippen molar-refractivity contribution in [2.45, 2.75) is 13.0 Å². The van der Waals surface area contributed by atoms with E-state index in [1.807, 2.05) is 12.1 Å². The van der Waals surface area contributed by atoms with Crippen molar-refractivity contribution in [2.75, 3.05) is 32.8 Å². The minimum Gasteiger partial charge on any atom is -0.485 e. The van der Waals surface area contributed by atoms with E-state index in [-0.39, 0.29) is 24.2 Å². The molecule has 2 aliphatic rings. The third-order valence-electron chi connectivity index (χ3n) is 5.20. The van der Waals surface area contributed by atoms with Gasteiger partial charge in [0, 0.05) is 31.7 Å². The molecule has 4 rings (SSSR count). The summed E-state index contributed by atoms with van der Waals surface area (Å²) in [6, 6.07) is 14.1. The molecule has 2 aromatic carbocycles. The van der Waals surface area contributed by atoms with Gasteiger partial charge >= 0.3 is 0 Å². The predicted octanol–water partition coefficient (Wildman–Crippen LogP) is 2.01. The highest BCUT2D eigenvalue weighted by atomic mass is 16.6. The van der Waals surface area contributed by atoms with E-state index in [0.29, 0.717) is 48.8 Å². The highest BCUT2D eigenvalue weighted by Gasteiger charge is 2.33. The summed E-state index contributed by atoms with van der Waals surface area (Å²) in [6.07, 6.45) is -0.689. The Kier molecular flexibility index (Phi) is 5.20. The molecule has 0 aliphatic carbocycles. The molecule has 2 heterocycles. The standard InChI is InChI=1S/C22H22N2O5/c1-15(25)16-6-2-3-7-17(16)21(26)23-10-12-24(13-11-23)22(27)20-14-28-18-8-4-5-9-19(18)29-20/h2-9,20H,10-14H2,1H3/t20-/m0/s1. The second kappa shape index (κ2) is 7.95. The number of hydrogen-bond acceptors (Lipinski definition) is 5. The van der Waals surface area contributed by atoms with Crippen molar-refractivity contribution in [3.05, 3.63) is 59.7 Å². The number of fused-ring (bicyclic) bond motifs is 1. The minimum absolute atomic E-state index is 0.141. The highest BCUT2D eigenvalue weighted by Crippen LogP contribution is 2.31. The number of ketones is 1. The van der Waals surface area contributed by atoms with Gasteiger partial charge in [-0.15, -0.1) is 0 Å². The van der Waals surface area contributed by atoms with Crippen LogP contribution in [0, 0.1) is 0 Å². The van der Waals surface area contributed by atoms with E-state index >= 15 is 0 Å². The Bertz CT molecular complexity index is 950. The first-order valence-electron chi connectivity index (χ1n) is 9.61. The van der Waals surface area contributed by atoms with E-state index < -0.39 is 6.10 Å². The van der Waals surface area contributed by atoms with Gasteiger partial charge in [0.05, 0.1) is 5.56 Å². The molecule has 1 saturated heterocycles. The van der Waals surface area contributed by atoms with Crippen LogP contribution < -0.4 is 9.47 Å². The Morgan fingerprint density at radius 1 is 0.828 bits per heavy atom. The molecule has 0 spiro atoms. The second-order valence-corrected chi connectivity index (χ2v) is 7.08. The zero-order chi connectivity index (χ0) is 20.4. The summed E-state index contributed by atoms with van der Waals surface area (Å²) in [5, 5.41) is 0. The van der Waals surface area contributed by atoms with E-state index in [4.69, 9.17) is 9.47 Å². The number of carbonyl (C=O) groups excluding carboxylic acids is 3. The number of piperazine rings is 1. The average molecular weight is 394 g/mol. The largest absolute Gasteiger partial charge is 0.485 e. The SMILES string of the molecule is CC(=O)c1ccccc1C(=O)N1CCN(C(=O)[C@@H]2COc3ccccc3O2)CC1. The number of hydrogen-bond donors (Lipinski definition) is 0. The van der Waals surface area contributed by atoms with Crippen molar-refractivity contribution in [3.63, 3.8) is 0 Å². The van der Waals surface area contributed by atoms with Gasteiger partial charge in [0.1, 0.15) is 6.61 Å². The van der Waals surface area contributed by atoms with Crippen LogP contribution in [0.25, 0.3) is 0 Å². The molecule has 0 N–H and O–H groups in total. The summed E-state index contributed by atoms with van der Waals surface area (Å²) in [4.78, 5) is 40.9. The van der Waals surface area contributed by atoms with Gasteiger partial charge in [0.25, 0.3) is 11.8 Å². The van der Waals surface area contributed by atoms with Gasteiger partial charge in [-0.05, 0) is 25.1 Å². The number of amides is 2. The maximum Gasteiger partial charge on any atom is 0.267 e. The van der Waals surface area contributed by atoms with Crippen LogP contribution in [0.2, 0.25) is 0 Å². The molecule has 0 saturated carbocycles. The van der Waals surface area contributed by atoms with Crippen LogP contribution in [0.5, 0.6) is 11.5 Å². The Morgan fingerprint density at radius 2 is 1.41 bits per heavy atom. The van der Waals surface area contributed by atoms with Crippen LogP contribution in [0.4, 0.5) is 0 Å². The number of para-hydroxylation sites is 2. The molecule has 150 valence electrons. The minimum atomic E-state index is -0.689. The van der Waals surface area contributed by atoms with Gasteiger partial charge in [-0.3, -0.25) is 14.4 Å². The maximum atomic E-state index is 12.9. The average Bonchev–Trinajstić information content (AvgIpc) is 2.78. The quantitative estimate of drug-likeness (QED) is 0.745. The lowest BCUT2D eigenvalue weighted by Gasteiger charge is -2.37. The molecule has 2 amide bonds. The zero-order valence-corrected chi connectivity index (χ0v) is 16.2. The third-order valence-corrected chi connectivity index (χ3v) is 5.20. The lowest BCUT2D eigenvalue weighted by Crippen LogP contribution is -2.55. The summed E-state index contributed by atoms with van der Waals surface area (Å²) in [5.41, 5.74) is 0.822. The van der Waals surface area contributed by atoms with Crippen LogP contribution in [-0.4, -0.2) is 66.3 Å². The first-order chi connectivity index (χ1) is 14.0. The van der Waals surface area contributed by atoms with E-state index in [2.05, 4.69) is 0 Å². The van der Waals surface area contributed by atoms with Crippen molar-refractivity contribution in [1.82, 2.24) is 9.80 Å². The molecular formula is C22H22N2O5. The first kappa shape index (κ1) is 19.0. The number of Topliss-reactive ketones (excluding diaryl/α,β-unsaturated/α-hetero) is 1. The van der Waals surface area contributed by atoms with Crippen LogP contribution in [-0.2, 0) is 4.79 Å². The van der Waals surface area contributed by atoms with Crippen LogP contribution in [0.1, 0.15) is 27.6 Å². The van der Waals surface area contributed by atoms with Gasteiger partial charge in [-0.25, -0.2) is 0 Å². The van der Waals surface area contributed by atoms with Crippen LogP contribution in [0.15, 0.2) is 48.5 Å². The van der Waals surface area contributed by atoms with E-state index in [0.717, 1.165) is 0 Å². The summed E-state index contributed by atoms with van der Waals surface area (Å²) < 4.78 is 11.4. The molecule has 0 radical (unpaired) electrons. The fourth-order valence-electron chi connectivity index (χ4n) is 3.62. The fourth-order valence-corrected chi connectivity index (χ4v) is 3.62. The number of rotatable bonds is 3. The monoisotopic (exact) mass is 394 g/mol. The Morgan fingerprint density at radius 3 is 2.10 bits per heavy atom. The van der Waals surface area contributed by atoms with Crippen LogP contribution in [0.3, 0.4) is 0 Å². The molecule has 29 heavy (non-hydrogen) atoms. The Balaban J connectivity index is 1.38. The summed E-state index contributed by atoms with van der Waals surface area (Å²) in [5.74, 6) is 0.727. The topological polar surface area (TPSA) is 76.2 Å². The molecule has 7 nitrogen and oxygen atoms in total. The van der Waals surface area contributed by atoms with Gasteiger partial charge in [-0.2, -0.15) is 0 Å². The van der Waals surface area contributed by atoms with E-state index in [1.54, 1.807) is 46.2 Å². The zero-order valence-electron chi connectivity index (χ0n) is 16.2. The number of nitrogens with zero attached hydrogens (tertiary/aromatic N) is 2. The van der Waals surface area contributed by atoms with Gasteiger partial charge in [0.15, 0.2) is 17.3 Å². The van der Waals surface area contributed by atoms with Crippen molar-refractivity contribution < 1.29 is 23.9 Å². The highest BCUT2D eigenvalue weighted by molar-refractivity contribution is 6.07. The number of carbonyl (C=O) groups is 3. The molecule has 7 heteroatoms. The first-order valence-corrected chi connectivity index (χ1v) is 9.61. The van der Waals surface area contributed by atoms with Crippen molar-refractivity contribution in [3.8, 4) is 11.5 Å². The Hall–Kier alpha value is -3.35. The summed E-state index contributed by atoms with van der Waals surface area (Å²) in [7, 11) is 0. The Labute approximate surface area is 168 Å². The van der Waals surface area contributed by atoms with Gasteiger partial charge in [-0.1, -0.05) is 30.3 Å². The summed E-state index contributed by atoms with van der Waals surface area (Å²) in [6.45, 7) is 3.25. The molecule has 1 atom stereocenters. The molecule has 0 bridgehead atoms. The van der Waals surface area contributed by atoms with Crippen LogP contribution >= 0.6 is 0 Å². The smallest absolute Gasteiger partial charge is 0.267 e. The second-order valence-electron chi connectivity index (χ2n) is 7.08. The predicted molar refractivity (Wildman–Crippen MR) is 105 cm³/mol. The molecule has 1 fully saturated rings. The molecule has 2 aliphatic heterocycles. The van der Waals surface area contributed by atoms with Crippen molar-refractivity contribution in [1.29, 1.82) is 0 Å². The summed E-state index contributed by atoms with van der Waals surface area (Å²) >= 11 is 0. The molecule has 2 aromatic rings. The van der Waals surface area contributed by atoms with E-state index in [9.17, 15) is 14.4 Å². The molecular weight excluding hydrogens is 372 g/mol. The molecule has 0 unspecified atom stereocenters. The van der Waals surface area contributed by atoms with E-state index in [1.165, 1.54) is 6.92 Å². The van der Waals surface area contributed by atoms with Gasteiger partial charge in [0.2, 0.25) is 6.10 Å². The number of benzene rings is 2. The molecule has 0 aromatic heterocycles. The van der Waals surface area contributed by atoms with Crippen molar-refractivity contribution in [2.24, 2.45) is 0 Å². The van der Waals surface area contributed by atoms with Gasteiger partial charge < -0.3 is 19.3 Å². The number of ether oxygens (including phenoxy) is 2. The van der Waals surface area contributed by atoms with Crippen molar-refractivity contribution >= 4 is 17.6 Å². The lowest BCUT2D eigenvalue weighted by molar-refractivity contribution is -0.142. The lowest BCUT2D eigenvalue weighted by atomic mass is 10.0. The normalized spacial score (nSPS) is 18.3. The third kappa shape index (κ3) is 3.81.